The van der Waals surface area contributed by atoms with Crippen LogP contribution >= 0.6 is 27.7 Å². The van der Waals surface area contributed by atoms with Gasteiger partial charge in [0.2, 0.25) is 0 Å². The van der Waals surface area contributed by atoms with Gasteiger partial charge in [0.1, 0.15) is 0 Å². The number of pyridine rings is 1. The number of para-hydroxylation sites is 1. The molecule has 2 aromatic rings. The molecule has 1 heterocycles. The number of hydrogen-bond donors (Lipinski definition) is 1. The van der Waals surface area contributed by atoms with Gasteiger partial charge in [0.15, 0.2) is 6.61 Å². The number of ether oxygens (including phenoxy) is 1. The van der Waals surface area contributed by atoms with E-state index in [1.807, 2.05) is 12.1 Å². The molecular weight excluding hydrogens is 394 g/mol. The first-order valence-corrected chi connectivity index (χ1v) is 8.54. The van der Waals surface area contributed by atoms with Gasteiger partial charge in [-0.1, -0.05) is 12.1 Å². The van der Waals surface area contributed by atoms with Gasteiger partial charge in [-0.3, -0.25) is 9.78 Å². The Morgan fingerprint density at radius 3 is 2.88 bits per heavy atom. The summed E-state index contributed by atoms with van der Waals surface area (Å²) in [6, 6.07) is 10.7. The van der Waals surface area contributed by atoms with Crippen LogP contribution in [0.4, 0.5) is 5.69 Å². The van der Waals surface area contributed by atoms with E-state index < -0.39 is 18.5 Å². The van der Waals surface area contributed by atoms with Gasteiger partial charge in [0.05, 0.1) is 23.1 Å². The molecule has 0 spiro atoms. The lowest BCUT2D eigenvalue weighted by molar-refractivity contribution is -0.119. The van der Waals surface area contributed by atoms with Crippen LogP contribution < -0.4 is 5.32 Å². The second-order valence-electron chi connectivity index (χ2n) is 4.46. The van der Waals surface area contributed by atoms with Crippen molar-refractivity contribution in [2.75, 3.05) is 17.7 Å². The number of carbonyl (C=O) groups excluding carboxylic acids is 2. The Hall–Kier alpha value is -2.37. The fraction of sp³-hybridized carbons (Fsp3) is 0.125. The average molecular weight is 406 g/mol. The van der Waals surface area contributed by atoms with Crippen molar-refractivity contribution in [2.24, 2.45) is 0 Å². The molecule has 0 saturated heterocycles. The molecule has 24 heavy (non-hydrogen) atoms. The Kier molecular flexibility index (Phi) is 6.78. The summed E-state index contributed by atoms with van der Waals surface area (Å²) in [4.78, 5) is 28.4. The lowest BCUT2D eigenvalue weighted by Gasteiger charge is -2.10. The highest BCUT2D eigenvalue weighted by Gasteiger charge is 2.12. The fourth-order valence-corrected chi connectivity index (χ4v) is 2.76. The molecule has 2 rings (SSSR count). The molecule has 0 radical (unpaired) electrons. The molecule has 0 bridgehead atoms. The number of esters is 1. The lowest BCUT2D eigenvalue weighted by atomic mass is 10.3. The molecule has 0 unspecified atom stereocenters. The molecule has 1 aromatic carbocycles. The Bertz CT molecular complexity index is 792. The van der Waals surface area contributed by atoms with Crippen molar-refractivity contribution in [2.45, 2.75) is 4.90 Å². The molecule has 0 aliphatic heterocycles. The fourth-order valence-electron chi connectivity index (χ4n) is 1.73. The number of carbonyl (C=O) groups is 2. The number of halogens is 1. The Morgan fingerprint density at radius 1 is 1.33 bits per heavy atom. The van der Waals surface area contributed by atoms with Crippen LogP contribution in [0.5, 0.6) is 0 Å². The number of thioether (sulfide) groups is 1. The van der Waals surface area contributed by atoms with Gasteiger partial charge >= 0.3 is 5.97 Å². The molecule has 1 amide bonds. The highest BCUT2D eigenvalue weighted by molar-refractivity contribution is 9.10. The lowest BCUT2D eigenvalue weighted by Crippen LogP contribution is -2.21. The molecule has 8 heteroatoms. The molecule has 0 aliphatic carbocycles. The Balaban J connectivity index is 1.92. The minimum atomic E-state index is -0.633. The minimum Gasteiger partial charge on any atom is -0.452 e. The van der Waals surface area contributed by atoms with E-state index in [1.165, 1.54) is 18.0 Å². The smallest absolute Gasteiger partial charge is 0.340 e. The molecule has 1 aromatic heterocycles. The zero-order valence-electron chi connectivity index (χ0n) is 12.4. The molecule has 0 aliphatic rings. The third-order valence-corrected chi connectivity index (χ3v) is 4.10. The van der Waals surface area contributed by atoms with Crippen molar-refractivity contribution >= 4 is 45.3 Å². The van der Waals surface area contributed by atoms with Gasteiger partial charge in [-0.15, -0.1) is 11.8 Å². The summed E-state index contributed by atoms with van der Waals surface area (Å²) in [5.74, 6) is -0.819. The monoisotopic (exact) mass is 405 g/mol. The number of nitrogens with one attached hydrogen (secondary N) is 1. The van der Waals surface area contributed by atoms with Gasteiger partial charge in [-0.2, -0.15) is 5.26 Å². The second-order valence-corrected chi connectivity index (χ2v) is 6.39. The maximum atomic E-state index is 12.0. The Morgan fingerprint density at radius 2 is 2.12 bits per heavy atom. The molecule has 0 saturated carbocycles. The van der Waals surface area contributed by atoms with Crippen LogP contribution in [-0.2, 0) is 9.53 Å². The first kappa shape index (κ1) is 18.0. The summed E-state index contributed by atoms with van der Waals surface area (Å²) in [7, 11) is 0. The maximum absolute atomic E-state index is 12.0. The minimum absolute atomic E-state index is 0.252. The van der Waals surface area contributed by atoms with Crippen LogP contribution in [0.3, 0.4) is 0 Å². The molecule has 122 valence electrons. The maximum Gasteiger partial charge on any atom is 0.340 e. The van der Waals surface area contributed by atoms with E-state index in [-0.39, 0.29) is 11.3 Å². The Labute approximate surface area is 151 Å². The van der Waals surface area contributed by atoms with Gasteiger partial charge < -0.3 is 10.1 Å². The SMILES string of the molecule is N#CCSc1ccccc1NC(=O)COC(=O)c1cncc(Br)c1. The van der Waals surface area contributed by atoms with Crippen molar-refractivity contribution in [3.63, 3.8) is 0 Å². The summed E-state index contributed by atoms with van der Waals surface area (Å²) in [5.41, 5.74) is 0.824. The van der Waals surface area contributed by atoms with E-state index in [0.717, 1.165) is 4.90 Å². The quantitative estimate of drug-likeness (QED) is 0.585. The van der Waals surface area contributed by atoms with Crippen LogP contribution in [0.2, 0.25) is 0 Å². The predicted molar refractivity (Wildman–Crippen MR) is 93.6 cm³/mol. The summed E-state index contributed by atoms with van der Waals surface area (Å²) in [5, 5.41) is 11.3. The predicted octanol–water partition coefficient (Wildman–Crippen LogP) is 3.26. The van der Waals surface area contributed by atoms with Crippen LogP contribution in [0.15, 0.2) is 52.1 Å². The highest BCUT2D eigenvalue weighted by Crippen LogP contribution is 2.26. The number of benzene rings is 1. The van der Waals surface area contributed by atoms with Crippen molar-refractivity contribution in [3.05, 3.63) is 52.8 Å². The number of nitrogens with zero attached hydrogens (tertiary/aromatic N) is 2. The van der Waals surface area contributed by atoms with E-state index in [9.17, 15) is 9.59 Å². The van der Waals surface area contributed by atoms with Gasteiger partial charge in [0.25, 0.3) is 5.91 Å². The van der Waals surface area contributed by atoms with Crippen molar-refractivity contribution in [1.29, 1.82) is 5.26 Å². The first-order chi connectivity index (χ1) is 11.6. The third-order valence-electron chi connectivity index (χ3n) is 2.73. The number of amides is 1. The number of nitriles is 1. The first-order valence-electron chi connectivity index (χ1n) is 6.76. The van der Waals surface area contributed by atoms with E-state index in [0.29, 0.717) is 10.2 Å². The number of hydrogen-bond acceptors (Lipinski definition) is 6. The van der Waals surface area contributed by atoms with Gasteiger partial charge in [-0.25, -0.2) is 4.79 Å². The zero-order valence-corrected chi connectivity index (χ0v) is 14.8. The average Bonchev–Trinajstić information content (AvgIpc) is 2.59. The summed E-state index contributed by atoms with van der Waals surface area (Å²) in [6.45, 7) is -0.414. The van der Waals surface area contributed by atoms with E-state index in [4.69, 9.17) is 10.00 Å². The van der Waals surface area contributed by atoms with Crippen LogP contribution in [0.25, 0.3) is 0 Å². The molecule has 1 N–H and O–H groups in total. The summed E-state index contributed by atoms with van der Waals surface area (Å²) in [6.07, 6.45) is 2.90. The number of rotatable bonds is 6. The van der Waals surface area contributed by atoms with Crippen molar-refractivity contribution < 1.29 is 14.3 Å². The van der Waals surface area contributed by atoms with Crippen LogP contribution in [0.1, 0.15) is 10.4 Å². The van der Waals surface area contributed by atoms with Gasteiger partial charge in [0, 0.05) is 21.8 Å². The number of anilines is 1. The van der Waals surface area contributed by atoms with E-state index >= 15 is 0 Å². The van der Waals surface area contributed by atoms with Gasteiger partial charge in [-0.05, 0) is 34.1 Å². The standard InChI is InChI=1S/C16H12BrN3O3S/c17-12-7-11(8-19-9-12)16(22)23-10-15(21)20-13-3-1-2-4-14(13)24-6-5-18/h1-4,7-9H,6,10H2,(H,20,21). The van der Waals surface area contributed by atoms with E-state index in [1.54, 1.807) is 30.5 Å². The second kappa shape index (κ2) is 9.05. The zero-order chi connectivity index (χ0) is 17.4. The van der Waals surface area contributed by atoms with E-state index in [2.05, 4.69) is 26.2 Å². The molecule has 6 nitrogen and oxygen atoms in total. The van der Waals surface area contributed by atoms with Crippen LogP contribution in [0, 0.1) is 11.3 Å². The summed E-state index contributed by atoms with van der Waals surface area (Å²) >= 11 is 4.52. The normalized spacial score (nSPS) is 9.83. The largest absolute Gasteiger partial charge is 0.452 e. The third kappa shape index (κ3) is 5.37. The van der Waals surface area contributed by atoms with Crippen molar-refractivity contribution in [1.82, 2.24) is 4.98 Å². The van der Waals surface area contributed by atoms with Crippen molar-refractivity contribution in [3.8, 4) is 6.07 Å². The molecule has 0 fully saturated rings. The van der Waals surface area contributed by atoms with Crippen LogP contribution in [-0.4, -0.2) is 29.2 Å². The number of aromatic nitrogens is 1. The summed E-state index contributed by atoms with van der Waals surface area (Å²) < 4.78 is 5.61. The molecule has 0 atom stereocenters. The topological polar surface area (TPSA) is 92.1 Å². The molecular formula is C16H12BrN3O3S. The highest BCUT2D eigenvalue weighted by atomic mass is 79.9.